The maximum absolute atomic E-state index is 4.37. The highest BCUT2D eigenvalue weighted by Crippen LogP contribution is 2.16. The Balaban J connectivity index is 1.93. The topological polar surface area (TPSA) is 29.9 Å². The molecule has 0 aliphatic carbocycles. The van der Waals surface area contributed by atoms with Crippen molar-refractivity contribution in [2.45, 2.75) is 39.2 Å². The number of nitrogens with zero attached hydrogens (tertiary/aromatic N) is 2. The van der Waals surface area contributed by atoms with E-state index in [0.29, 0.717) is 0 Å². The molecular formula is C12H21N3. The first kappa shape index (κ1) is 10.7. The molecule has 3 nitrogen and oxygen atoms in total. The van der Waals surface area contributed by atoms with E-state index in [1.165, 1.54) is 38.0 Å². The molecule has 2 rings (SSSR count). The van der Waals surface area contributed by atoms with Crippen molar-refractivity contribution in [2.24, 2.45) is 5.92 Å². The fourth-order valence-electron chi connectivity index (χ4n) is 2.34. The van der Waals surface area contributed by atoms with Gasteiger partial charge in [0, 0.05) is 18.4 Å². The van der Waals surface area contributed by atoms with Gasteiger partial charge in [0.1, 0.15) is 0 Å². The third kappa shape index (κ3) is 2.81. The summed E-state index contributed by atoms with van der Waals surface area (Å²) in [6, 6.07) is 2.17. The van der Waals surface area contributed by atoms with E-state index in [4.69, 9.17) is 0 Å². The molecule has 0 amide bonds. The second kappa shape index (κ2) is 5.31. The summed E-state index contributed by atoms with van der Waals surface area (Å²) < 4.78 is 2.16. The highest BCUT2D eigenvalue weighted by molar-refractivity contribution is 5.02. The summed E-state index contributed by atoms with van der Waals surface area (Å²) in [6.45, 7) is 5.64. The Morgan fingerprint density at radius 3 is 3.27 bits per heavy atom. The minimum atomic E-state index is 0.811. The van der Waals surface area contributed by atoms with E-state index in [1.807, 2.05) is 6.20 Å². The molecule has 2 heterocycles. The van der Waals surface area contributed by atoms with Gasteiger partial charge in [0.15, 0.2) is 0 Å². The largest absolute Gasteiger partial charge is 0.316 e. The Morgan fingerprint density at radius 2 is 2.53 bits per heavy atom. The molecule has 84 valence electrons. The average Bonchev–Trinajstić information content (AvgIpc) is 2.68. The molecule has 1 unspecified atom stereocenters. The van der Waals surface area contributed by atoms with Crippen molar-refractivity contribution in [2.75, 3.05) is 13.1 Å². The monoisotopic (exact) mass is 207 g/mol. The molecule has 0 radical (unpaired) electrons. The first-order valence-corrected chi connectivity index (χ1v) is 6.11. The Bertz CT molecular complexity index is 287. The molecule has 0 aromatic carbocycles. The lowest BCUT2D eigenvalue weighted by Crippen LogP contribution is -2.31. The van der Waals surface area contributed by atoms with Crippen LogP contribution in [-0.4, -0.2) is 22.9 Å². The van der Waals surface area contributed by atoms with Gasteiger partial charge < -0.3 is 5.32 Å². The van der Waals surface area contributed by atoms with Crippen LogP contribution < -0.4 is 5.32 Å². The smallest absolute Gasteiger partial charge is 0.0492 e. The highest BCUT2D eigenvalue weighted by atomic mass is 15.3. The normalized spacial score (nSPS) is 21.8. The van der Waals surface area contributed by atoms with E-state index in [1.54, 1.807) is 0 Å². The molecule has 0 saturated carbocycles. The van der Waals surface area contributed by atoms with Crippen molar-refractivity contribution in [3.05, 3.63) is 18.0 Å². The summed E-state index contributed by atoms with van der Waals surface area (Å²) in [5, 5.41) is 7.84. The summed E-state index contributed by atoms with van der Waals surface area (Å²) >= 11 is 0. The summed E-state index contributed by atoms with van der Waals surface area (Å²) in [5.74, 6) is 0.811. The molecule has 1 aromatic rings. The zero-order valence-corrected chi connectivity index (χ0v) is 9.58. The fraction of sp³-hybridized carbons (Fsp3) is 0.750. The molecule has 15 heavy (non-hydrogen) atoms. The van der Waals surface area contributed by atoms with Crippen LogP contribution in [-0.2, 0) is 13.0 Å². The average molecular weight is 207 g/mol. The number of aromatic nitrogens is 2. The van der Waals surface area contributed by atoms with Crippen LogP contribution in [0.5, 0.6) is 0 Å². The van der Waals surface area contributed by atoms with Crippen LogP contribution in [0.3, 0.4) is 0 Å². The SMILES string of the molecule is CCCn1nccc1CC1CCCNC1. The van der Waals surface area contributed by atoms with Gasteiger partial charge >= 0.3 is 0 Å². The molecule has 0 spiro atoms. The molecule has 1 atom stereocenters. The second-order valence-electron chi connectivity index (χ2n) is 4.46. The lowest BCUT2D eigenvalue weighted by atomic mass is 9.95. The summed E-state index contributed by atoms with van der Waals surface area (Å²) in [5.41, 5.74) is 1.41. The molecule has 1 aromatic heterocycles. The highest BCUT2D eigenvalue weighted by Gasteiger charge is 2.15. The quantitative estimate of drug-likeness (QED) is 0.816. The van der Waals surface area contributed by atoms with E-state index < -0.39 is 0 Å². The maximum atomic E-state index is 4.37. The van der Waals surface area contributed by atoms with Crippen LogP contribution in [0.2, 0.25) is 0 Å². The standard InChI is InChI=1S/C12H21N3/c1-2-8-15-12(5-7-14-15)9-11-4-3-6-13-10-11/h5,7,11,13H,2-4,6,8-10H2,1H3. The third-order valence-corrected chi connectivity index (χ3v) is 3.14. The molecule has 1 aliphatic heterocycles. The minimum absolute atomic E-state index is 0.811. The van der Waals surface area contributed by atoms with Gasteiger partial charge in [0.05, 0.1) is 0 Å². The number of aryl methyl sites for hydroxylation is 1. The predicted octanol–water partition coefficient (Wildman–Crippen LogP) is 1.84. The number of nitrogens with one attached hydrogen (secondary N) is 1. The van der Waals surface area contributed by atoms with Crippen molar-refractivity contribution in [1.29, 1.82) is 0 Å². The zero-order chi connectivity index (χ0) is 10.5. The van der Waals surface area contributed by atoms with Gasteiger partial charge in [-0.3, -0.25) is 4.68 Å². The lowest BCUT2D eigenvalue weighted by molar-refractivity contribution is 0.366. The molecule has 1 saturated heterocycles. The van der Waals surface area contributed by atoms with Gasteiger partial charge in [-0.2, -0.15) is 5.10 Å². The lowest BCUT2D eigenvalue weighted by Gasteiger charge is -2.22. The summed E-state index contributed by atoms with van der Waals surface area (Å²) in [7, 11) is 0. The van der Waals surface area contributed by atoms with Crippen LogP contribution in [0.25, 0.3) is 0 Å². The Hall–Kier alpha value is -0.830. The maximum Gasteiger partial charge on any atom is 0.0492 e. The van der Waals surface area contributed by atoms with Crippen molar-refractivity contribution in [3.63, 3.8) is 0 Å². The zero-order valence-electron chi connectivity index (χ0n) is 9.58. The van der Waals surface area contributed by atoms with Crippen molar-refractivity contribution < 1.29 is 0 Å². The van der Waals surface area contributed by atoms with Crippen LogP contribution in [0.4, 0.5) is 0 Å². The summed E-state index contributed by atoms with van der Waals surface area (Å²) in [6.07, 6.45) is 6.97. The Kier molecular flexibility index (Phi) is 3.78. The minimum Gasteiger partial charge on any atom is -0.316 e. The van der Waals surface area contributed by atoms with Crippen LogP contribution in [0.1, 0.15) is 31.9 Å². The second-order valence-corrected chi connectivity index (χ2v) is 4.46. The Labute approximate surface area is 91.9 Å². The molecular weight excluding hydrogens is 186 g/mol. The molecule has 1 aliphatic rings. The Morgan fingerprint density at radius 1 is 1.60 bits per heavy atom. The first-order chi connectivity index (χ1) is 7.40. The molecule has 0 bridgehead atoms. The van der Waals surface area contributed by atoms with Gasteiger partial charge in [-0.15, -0.1) is 0 Å². The number of rotatable bonds is 4. The van der Waals surface area contributed by atoms with Gasteiger partial charge in [-0.1, -0.05) is 6.92 Å². The summed E-state index contributed by atoms with van der Waals surface area (Å²) in [4.78, 5) is 0. The van der Waals surface area contributed by atoms with Crippen LogP contribution in [0.15, 0.2) is 12.3 Å². The number of hydrogen-bond acceptors (Lipinski definition) is 2. The van der Waals surface area contributed by atoms with Gasteiger partial charge in [0.25, 0.3) is 0 Å². The number of piperidine rings is 1. The first-order valence-electron chi connectivity index (χ1n) is 6.11. The van der Waals surface area contributed by atoms with E-state index in [9.17, 15) is 0 Å². The van der Waals surface area contributed by atoms with Gasteiger partial charge in [0.2, 0.25) is 0 Å². The third-order valence-electron chi connectivity index (χ3n) is 3.14. The van der Waals surface area contributed by atoms with Crippen LogP contribution >= 0.6 is 0 Å². The van der Waals surface area contributed by atoms with E-state index in [2.05, 4.69) is 28.1 Å². The van der Waals surface area contributed by atoms with E-state index in [0.717, 1.165) is 18.9 Å². The molecule has 1 fully saturated rings. The molecule has 1 N–H and O–H groups in total. The van der Waals surface area contributed by atoms with Gasteiger partial charge in [-0.05, 0) is 50.8 Å². The van der Waals surface area contributed by atoms with Crippen LogP contribution in [0, 0.1) is 5.92 Å². The van der Waals surface area contributed by atoms with E-state index in [-0.39, 0.29) is 0 Å². The fourth-order valence-corrected chi connectivity index (χ4v) is 2.34. The number of hydrogen-bond donors (Lipinski definition) is 1. The van der Waals surface area contributed by atoms with E-state index >= 15 is 0 Å². The van der Waals surface area contributed by atoms with Crippen molar-refractivity contribution in [1.82, 2.24) is 15.1 Å². The molecule has 3 heteroatoms. The van der Waals surface area contributed by atoms with Crippen molar-refractivity contribution in [3.8, 4) is 0 Å². The predicted molar refractivity (Wildman–Crippen MR) is 61.8 cm³/mol. The van der Waals surface area contributed by atoms with Crippen molar-refractivity contribution >= 4 is 0 Å². The van der Waals surface area contributed by atoms with Gasteiger partial charge in [-0.25, -0.2) is 0 Å².